The lowest BCUT2D eigenvalue weighted by Crippen LogP contribution is -2.53. The SMILES string of the molecule is CCCCCCCN(C(=O)C(CC(C)C)NC(=O)OC(C)(C)C)C(C(=O)Nc1ccc(OC)cc1)c1cccc(O)c1. The van der Waals surface area contributed by atoms with Crippen molar-refractivity contribution in [3.05, 3.63) is 54.1 Å². The molecule has 0 radical (unpaired) electrons. The molecule has 42 heavy (non-hydrogen) atoms. The predicted octanol–water partition coefficient (Wildman–Crippen LogP) is 6.82. The summed E-state index contributed by atoms with van der Waals surface area (Å²) in [6.45, 7) is 11.6. The first kappa shape index (κ1) is 34.5. The van der Waals surface area contributed by atoms with Gasteiger partial charge in [0.25, 0.3) is 5.91 Å². The maximum atomic E-state index is 14.3. The van der Waals surface area contributed by atoms with Gasteiger partial charge in [-0.05, 0) is 81.5 Å². The maximum Gasteiger partial charge on any atom is 0.408 e. The number of carbonyl (C=O) groups is 3. The maximum absolute atomic E-state index is 14.3. The summed E-state index contributed by atoms with van der Waals surface area (Å²) in [6.07, 6.45) is 4.40. The van der Waals surface area contributed by atoms with Crippen molar-refractivity contribution in [3.8, 4) is 11.5 Å². The summed E-state index contributed by atoms with van der Waals surface area (Å²) in [7, 11) is 1.56. The molecule has 2 rings (SSSR count). The van der Waals surface area contributed by atoms with Crippen molar-refractivity contribution in [2.45, 2.75) is 97.8 Å². The number of rotatable bonds is 15. The van der Waals surface area contributed by atoms with E-state index in [1.807, 2.05) is 13.8 Å². The largest absolute Gasteiger partial charge is 0.508 e. The van der Waals surface area contributed by atoms with Crippen LogP contribution in [0, 0.1) is 5.92 Å². The first-order valence-corrected chi connectivity index (χ1v) is 14.9. The van der Waals surface area contributed by atoms with Crippen molar-refractivity contribution in [2.75, 3.05) is 19.0 Å². The van der Waals surface area contributed by atoms with Gasteiger partial charge in [-0.1, -0.05) is 58.6 Å². The number of nitrogens with zero attached hydrogens (tertiary/aromatic N) is 1. The van der Waals surface area contributed by atoms with Gasteiger partial charge in [0, 0.05) is 12.2 Å². The normalized spacial score (nSPS) is 12.8. The molecule has 0 saturated carbocycles. The number of phenols is 1. The van der Waals surface area contributed by atoms with Crippen LogP contribution in [0.2, 0.25) is 0 Å². The van der Waals surface area contributed by atoms with Crippen molar-refractivity contribution in [1.82, 2.24) is 10.2 Å². The number of carbonyl (C=O) groups excluding carboxylic acids is 3. The number of aromatic hydroxyl groups is 1. The lowest BCUT2D eigenvalue weighted by Gasteiger charge is -2.35. The summed E-state index contributed by atoms with van der Waals surface area (Å²) in [5.74, 6) is -0.119. The third kappa shape index (κ3) is 11.6. The van der Waals surface area contributed by atoms with Gasteiger partial charge in [0.2, 0.25) is 5.91 Å². The number of hydrogen-bond acceptors (Lipinski definition) is 6. The molecule has 0 aromatic heterocycles. The molecule has 3 amide bonds. The van der Waals surface area contributed by atoms with Crippen molar-refractivity contribution in [3.63, 3.8) is 0 Å². The molecule has 2 unspecified atom stereocenters. The van der Waals surface area contributed by atoms with E-state index in [0.717, 1.165) is 25.7 Å². The standard InChI is InChI=1S/C33H49N3O6/c1-8-9-10-11-12-20-36(31(39)28(21-23(2)3)35-32(40)42-33(4,5)6)29(24-14-13-15-26(37)22-24)30(38)34-25-16-18-27(41-7)19-17-25/h13-19,22-23,28-29,37H,8-12,20-21H2,1-7H3,(H,34,38)(H,35,40). The number of anilines is 1. The molecular formula is C33H49N3O6. The molecule has 0 heterocycles. The Morgan fingerprint density at radius 2 is 1.64 bits per heavy atom. The number of methoxy groups -OCH3 is 1. The number of ether oxygens (including phenoxy) is 2. The molecule has 3 N–H and O–H groups in total. The first-order chi connectivity index (χ1) is 19.8. The molecule has 0 saturated heterocycles. The Morgan fingerprint density at radius 3 is 2.21 bits per heavy atom. The zero-order valence-electron chi connectivity index (χ0n) is 26.2. The van der Waals surface area contributed by atoms with Crippen molar-refractivity contribution >= 4 is 23.6 Å². The topological polar surface area (TPSA) is 117 Å². The lowest BCUT2D eigenvalue weighted by atomic mass is 9.98. The fraction of sp³-hybridized carbons (Fsp3) is 0.545. The number of alkyl carbamates (subject to hydrolysis) is 1. The summed E-state index contributed by atoms with van der Waals surface area (Å²) in [5, 5.41) is 16.0. The van der Waals surface area contributed by atoms with Crippen LogP contribution >= 0.6 is 0 Å². The quantitative estimate of drug-likeness (QED) is 0.198. The molecule has 2 aromatic carbocycles. The number of phenolic OH excluding ortho intramolecular Hbond substituents is 1. The molecule has 0 bridgehead atoms. The summed E-state index contributed by atoms with van der Waals surface area (Å²) < 4.78 is 10.7. The molecule has 9 heteroatoms. The number of benzene rings is 2. The Bertz CT molecular complexity index is 1140. The summed E-state index contributed by atoms with van der Waals surface area (Å²) in [6, 6.07) is 11.3. The number of amides is 3. The second kappa shape index (κ2) is 16.6. The highest BCUT2D eigenvalue weighted by Gasteiger charge is 2.36. The Morgan fingerprint density at radius 1 is 0.976 bits per heavy atom. The summed E-state index contributed by atoms with van der Waals surface area (Å²) in [4.78, 5) is 42.6. The van der Waals surface area contributed by atoms with E-state index >= 15 is 0 Å². The highest BCUT2D eigenvalue weighted by Crippen LogP contribution is 2.28. The third-order valence-corrected chi connectivity index (χ3v) is 6.59. The van der Waals surface area contributed by atoms with Gasteiger partial charge >= 0.3 is 6.09 Å². The van der Waals surface area contributed by atoms with Crippen LogP contribution in [-0.4, -0.2) is 53.2 Å². The van der Waals surface area contributed by atoms with E-state index in [2.05, 4.69) is 17.6 Å². The Labute approximate surface area is 251 Å². The Hall–Kier alpha value is -3.75. The van der Waals surface area contributed by atoms with Gasteiger partial charge in [-0.25, -0.2) is 4.79 Å². The molecule has 0 aliphatic carbocycles. The fourth-order valence-corrected chi connectivity index (χ4v) is 4.65. The number of unbranched alkanes of at least 4 members (excludes halogenated alkanes) is 4. The molecule has 0 aliphatic heterocycles. The van der Waals surface area contributed by atoms with E-state index in [-0.39, 0.29) is 17.6 Å². The third-order valence-electron chi connectivity index (χ3n) is 6.59. The van der Waals surface area contributed by atoms with Crippen LogP contribution in [0.3, 0.4) is 0 Å². The van der Waals surface area contributed by atoms with Gasteiger partial charge in [-0.3, -0.25) is 9.59 Å². The van der Waals surface area contributed by atoms with E-state index in [1.165, 1.54) is 17.0 Å². The average Bonchev–Trinajstić information content (AvgIpc) is 2.90. The summed E-state index contributed by atoms with van der Waals surface area (Å²) >= 11 is 0. The molecule has 2 aromatic rings. The van der Waals surface area contributed by atoms with E-state index in [0.29, 0.717) is 36.4 Å². The van der Waals surface area contributed by atoms with E-state index in [4.69, 9.17) is 9.47 Å². The van der Waals surface area contributed by atoms with Crippen LogP contribution in [0.4, 0.5) is 10.5 Å². The van der Waals surface area contributed by atoms with Crippen molar-refractivity contribution in [1.29, 1.82) is 0 Å². The number of nitrogens with one attached hydrogen (secondary N) is 2. The highest BCUT2D eigenvalue weighted by molar-refractivity contribution is 5.99. The molecule has 2 atom stereocenters. The predicted molar refractivity (Wildman–Crippen MR) is 166 cm³/mol. The Balaban J connectivity index is 2.52. The first-order valence-electron chi connectivity index (χ1n) is 14.9. The van der Waals surface area contributed by atoms with Crippen LogP contribution in [0.1, 0.15) is 91.7 Å². The van der Waals surface area contributed by atoms with Gasteiger partial charge in [-0.15, -0.1) is 0 Å². The minimum absolute atomic E-state index is 0.0179. The van der Waals surface area contributed by atoms with Gasteiger partial charge in [0.05, 0.1) is 7.11 Å². The smallest absolute Gasteiger partial charge is 0.408 e. The van der Waals surface area contributed by atoms with E-state index < -0.39 is 29.7 Å². The minimum Gasteiger partial charge on any atom is -0.508 e. The molecule has 232 valence electrons. The van der Waals surface area contributed by atoms with Gasteiger partial charge < -0.3 is 30.1 Å². The van der Waals surface area contributed by atoms with Crippen molar-refractivity contribution in [2.24, 2.45) is 5.92 Å². The molecule has 9 nitrogen and oxygen atoms in total. The molecule has 0 fully saturated rings. The molecular weight excluding hydrogens is 534 g/mol. The van der Waals surface area contributed by atoms with Crippen LogP contribution < -0.4 is 15.4 Å². The van der Waals surface area contributed by atoms with Crippen molar-refractivity contribution < 1.29 is 29.0 Å². The zero-order chi connectivity index (χ0) is 31.3. The highest BCUT2D eigenvalue weighted by atomic mass is 16.6. The minimum atomic E-state index is -1.06. The van der Waals surface area contributed by atoms with Gasteiger partial charge in [-0.2, -0.15) is 0 Å². The van der Waals surface area contributed by atoms with Crippen LogP contribution in [0.5, 0.6) is 11.5 Å². The lowest BCUT2D eigenvalue weighted by molar-refractivity contribution is -0.141. The fourth-order valence-electron chi connectivity index (χ4n) is 4.65. The molecule has 0 aliphatic rings. The number of hydrogen-bond donors (Lipinski definition) is 3. The van der Waals surface area contributed by atoms with Crippen LogP contribution in [0.15, 0.2) is 48.5 Å². The van der Waals surface area contributed by atoms with Crippen LogP contribution in [-0.2, 0) is 14.3 Å². The van der Waals surface area contributed by atoms with Gasteiger partial charge in [0.15, 0.2) is 0 Å². The van der Waals surface area contributed by atoms with E-state index in [9.17, 15) is 19.5 Å². The average molecular weight is 584 g/mol. The zero-order valence-corrected chi connectivity index (χ0v) is 26.2. The monoisotopic (exact) mass is 583 g/mol. The Kier molecular flexibility index (Phi) is 13.6. The molecule has 0 spiro atoms. The van der Waals surface area contributed by atoms with Crippen LogP contribution in [0.25, 0.3) is 0 Å². The second-order valence-electron chi connectivity index (χ2n) is 12.0. The van der Waals surface area contributed by atoms with Gasteiger partial charge in [0.1, 0.15) is 29.2 Å². The second-order valence-corrected chi connectivity index (χ2v) is 12.0. The summed E-state index contributed by atoms with van der Waals surface area (Å²) in [5.41, 5.74) is 0.256. The van der Waals surface area contributed by atoms with E-state index in [1.54, 1.807) is 64.3 Å².